The summed E-state index contributed by atoms with van der Waals surface area (Å²) < 4.78 is 0. The molecule has 5 heteroatoms. The molecule has 0 aliphatic carbocycles. The number of rotatable bonds is 5. The summed E-state index contributed by atoms with van der Waals surface area (Å²) in [5.74, 6) is -1.34. The topological polar surface area (TPSA) is 66.5 Å². The van der Waals surface area contributed by atoms with Crippen LogP contribution in [0.25, 0.3) is 11.1 Å². The Labute approximate surface area is 146 Å². The monoisotopic (exact) mass is 336 g/mol. The number of hydrogen-bond acceptors (Lipinski definition) is 3. The quantitative estimate of drug-likeness (QED) is 0.853. The number of nitrogens with one attached hydrogen (secondary N) is 1. The van der Waals surface area contributed by atoms with E-state index in [0.29, 0.717) is 6.54 Å². The first-order valence-corrected chi connectivity index (χ1v) is 8.25. The molecule has 1 N–H and O–H groups in total. The fraction of sp³-hybridized carbons (Fsp3) is 0.250. The van der Waals surface area contributed by atoms with E-state index in [2.05, 4.69) is 11.4 Å². The first-order valence-electron chi connectivity index (χ1n) is 8.25. The molecule has 128 valence electrons. The largest absolute Gasteiger partial charge is 0.341 e. The molecule has 0 spiro atoms. The van der Waals surface area contributed by atoms with Gasteiger partial charge in [-0.05, 0) is 22.8 Å². The molecule has 2 aromatic rings. The molecular weight excluding hydrogens is 316 g/mol. The molecule has 0 aromatic heterocycles. The van der Waals surface area contributed by atoms with Gasteiger partial charge in [0.15, 0.2) is 0 Å². The molecule has 0 radical (unpaired) electrons. The maximum Gasteiger partial charge on any atom is 0.230 e. The van der Waals surface area contributed by atoms with E-state index in [0.717, 1.165) is 16.7 Å². The van der Waals surface area contributed by atoms with Crippen LogP contribution in [0.5, 0.6) is 0 Å². The predicted octanol–water partition coefficient (Wildman–Crippen LogP) is 2.36. The van der Waals surface area contributed by atoms with Crippen molar-refractivity contribution < 1.29 is 14.4 Å². The Morgan fingerprint density at radius 3 is 2.48 bits per heavy atom. The Morgan fingerprint density at radius 2 is 1.80 bits per heavy atom. The van der Waals surface area contributed by atoms with Crippen molar-refractivity contribution in [3.05, 3.63) is 60.2 Å². The summed E-state index contributed by atoms with van der Waals surface area (Å²) in [4.78, 5) is 36.8. The van der Waals surface area contributed by atoms with E-state index in [1.807, 2.05) is 48.5 Å². The summed E-state index contributed by atoms with van der Waals surface area (Å²) in [6.07, 6.45) is 0.161. The molecular formula is C20H20N2O3. The minimum absolute atomic E-state index is 0.0620. The van der Waals surface area contributed by atoms with Crippen LogP contribution in [-0.4, -0.2) is 29.7 Å². The van der Waals surface area contributed by atoms with Gasteiger partial charge < -0.3 is 4.90 Å². The average molecular weight is 336 g/mol. The smallest absolute Gasteiger partial charge is 0.230 e. The third kappa shape index (κ3) is 4.12. The molecule has 1 saturated heterocycles. The molecule has 1 aliphatic heterocycles. The molecule has 0 saturated carbocycles. The Morgan fingerprint density at radius 1 is 1.08 bits per heavy atom. The average Bonchev–Trinajstić information content (AvgIpc) is 2.93. The van der Waals surface area contributed by atoms with Crippen molar-refractivity contribution in [3.63, 3.8) is 0 Å². The van der Waals surface area contributed by atoms with Gasteiger partial charge in [0.25, 0.3) is 0 Å². The van der Waals surface area contributed by atoms with Crippen LogP contribution in [0, 0.1) is 5.92 Å². The fourth-order valence-electron chi connectivity index (χ4n) is 2.98. The Balaban J connectivity index is 1.64. The summed E-state index contributed by atoms with van der Waals surface area (Å²) >= 11 is 0. The van der Waals surface area contributed by atoms with Gasteiger partial charge in [-0.1, -0.05) is 48.5 Å². The van der Waals surface area contributed by atoms with Gasteiger partial charge in [-0.25, -0.2) is 0 Å². The normalized spacial score (nSPS) is 16.6. The molecule has 2 aromatic carbocycles. The molecule has 3 rings (SSSR count). The highest BCUT2D eigenvalue weighted by molar-refractivity contribution is 6.04. The van der Waals surface area contributed by atoms with Crippen LogP contribution >= 0.6 is 0 Å². The number of hydrogen-bond donors (Lipinski definition) is 1. The van der Waals surface area contributed by atoms with Gasteiger partial charge in [0, 0.05) is 26.4 Å². The summed E-state index contributed by atoms with van der Waals surface area (Å²) in [6, 6.07) is 18.1. The molecule has 1 fully saturated rings. The SMILES string of the molecule is CN(Cc1cccc(-c2ccccc2)c1)C(=O)CC1CC(=O)NC1=O. The van der Waals surface area contributed by atoms with Gasteiger partial charge in [-0.2, -0.15) is 0 Å². The van der Waals surface area contributed by atoms with Gasteiger partial charge in [-0.15, -0.1) is 0 Å². The van der Waals surface area contributed by atoms with E-state index in [-0.39, 0.29) is 30.6 Å². The Hall–Kier alpha value is -2.95. The Kier molecular flexibility index (Phi) is 4.93. The maximum atomic E-state index is 12.3. The van der Waals surface area contributed by atoms with Crippen LogP contribution in [0.4, 0.5) is 0 Å². The van der Waals surface area contributed by atoms with Crippen LogP contribution in [0.2, 0.25) is 0 Å². The zero-order chi connectivity index (χ0) is 17.8. The minimum atomic E-state index is -0.543. The molecule has 5 nitrogen and oxygen atoms in total. The number of nitrogens with zero attached hydrogens (tertiary/aromatic N) is 1. The van der Waals surface area contributed by atoms with Crippen LogP contribution in [0.3, 0.4) is 0 Å². The second kappa shape index (κ2) is 7.30. The summed E-state index contributed by atoms with van der Waals surface area (Å²) in [5, 5.41) is 2.24. The van der Waals surface area contributed by atoms with E-state index in [1.165, 1.54) is 0 Å². The molecule has 1 heterocycles. The highest BCUT2D eigenvalue weighted by Gasteiger charge is 2.32. The lowest BCUT2D eigenvalue weighted by Crippen LogP contribution is -2.30. The number of carbonyl (C=O) groups excluding carboxylic acids is 3. The third-order valence-electron chi connectivity index (χ3n) is 4.37. The van der Waals surface area contributed by atoms with Gasteiger partial charge >= 0.3 is 0 Å². The van der Waals surface area contributed by atoms with Crippen LogP contribution < -0.4 is 5.32 Å². The Bertz CT molecular complexity index is 802. The second-order valence-corrected chi connectivity index (χ2v) is 6.33. The highest BCUT2D eigenvalue weighted by Crippen LogP contribution is 2.21. The van der Waals surface area contributed by atoms with Crippen molar-refractivity contribution in [2.24, 2.45) is 5.92 Å². The van der Waals surface area contributed by atoms with E-state index in [4.69, 9.17) is 0 Å². The van der Waals surface area contributed by atoms with E-state index >= 15 is 0 Å². The maximum absolute atomic E-state index is 12.3. The van der Waals surface area contributed by atoms with Gasteiger partial charge in [0.05, 0.1) is 5.92 Å². The first-order chi connectivity index (χ1) is 12.0. The second-order valence-electron chi connectivity index (χ2n) is 6.33. The van der Waals surface area contributed by atoms with Crippen molar-refractivity contribution >= 4 is 17.7 Å². The van der Waals surface area contributed by atoms with Crippen LogP contribution in [0.15, 0.2) is 54.6 Å². The van der Waals surface area contributed by atoms with E-state index in [9.17, 15) is 14.4 Å². The highest BCUT2D eigenvalue weighted by atomic mass is 16.2. The number of benzene rings is 2. The molecule has 1 unspecified atom stereocenters. The van der Waals surface area contributed by atoms with Crippen molar-refractivity contribution in [2.45, 2.75) is 19.4 Å². The van der Waals surface area contributed by atoms with Gasteiger partial charge in [-0.3, -0.25) is 19.7 Å². The standard InChI is InChI=1S/C20H20N2O3/c1-22(19(24)12-17-11-18(23)21-20(17)25)13-14-6-5-9-16(10-14)15-7-3-2-4-8-15/h2-10,17H,11-13H2,1H3,(H,21,23,25). The first kappa shape index (κ1) is 16.9. The van der Waals surface area contributed by atoms with Crippen LogP contribution in [0.1, 0.15) is 18.4 Å². The zero-order valence-corrected chi connectivity index (χ0v) is 14.1. The summed E-state index contributed by atoms with van der Waals surface area (Å²) in [5.41, 5.74) is 3.24. The van der Waals surface area contributed by atoms with Crippen molar-refractivity contribution in [3.8, 4) is 11.1 Å². The molecule has 1 atom stereocenters. The number of imide groups is 1. The lowest BCUT2D eigenvalue weighted by molar-refractivity contribution is -0.134. The van der Waals surface area contributed by atoms with Crippen molar-refractivity contribution in [1.29, 1.82) is 0 Å². The fourth-order valence-corrected chi connectivity index (χ4v) is 2.98. The van der Waals surface area contributed by atoms with Crippen molar-refractivity contribution in [2.75, 3.05) is 7.05 Å². The number of amides is 3. The van der Waals surface area contributed by atoms with Crippen LogP contribution in [-0.2, 0) is 20.9 Å². The number of carbonyl (C=O) groups is 3. The zero-order valence-electron chi connectivity index (χ0n) is 14.1. The summed E-state index contributed by atoms with van der Waals surface area (Å²) in [6.45, 7) is 0.460. The lowest BCUT2D eigenvalue weighted by Gasteiger charge is -2.19. The van der Waals surface area contributed by atoms with Gasteiger partial charge in [0.2, 0.25) is 17.7 Å². The predicted molar refractivity (Wildman–Crippen MR) is 94.2 cm³/mol. The van der Waals surface area contributed by atoms with E-state index in [1.54, 1.807) is 11.9 Å². The lowest BCUT2D eigenvalue weighted by atomic mass is 10.0. The molecule has 25 heavy (non-hydrogen) atoms. The molecule has 1 aliphatic rings. The third-order valence-corrected chi connectivity index (χ3v) is 4.37. The summed E-state index contributed by atoms with van der Waals surface area (Å²) in [7, 11) is 1.71. The molecule has 3 amide bonds. The van der Waals surface area contributed by atoms with Gasteiger partial charge in [0.1, 0.15) is 0 Å². The minimum Gasteiger partial charge on any atom is -0.341 e. The van der Waals surface area contributed by atoms with E-state index < -0.39 is 5.92 Å². The molecule has 0 bridgehead atoms. The van der Waals surface area contributed by atoms with Crippen molar-refractivity contribution in [1.82, 2.24) is 10.2 Å².